The Morgan fingerprint density at radius 3 is 2.43 bits per heavy atom. The second-order valence-electron chi connectivity index (χ2n) is 6.39. The Hall–Kier alpha value is -1.19. The molecule has 23 heavy (non-hydrogen) atoms. The van der Waals surface area contributed by atoms with E-state index in [1.807, 2.05) is 0 Å². The lowest BCUT2D eigenvalue weighted by Crippen LogP contribution is -2.38. The van der Waals surface area contributed by atoms with Gasteiger partial charge in [0.25, 0.3) is 0 Å². The minimum Gasteiger partial charge on any atom is -0.493 e. The molecule has 1 aliphatic rings. The van der Waals surface area contributed by atoms with Crippen molar-refractivity contribution in [1.82, 2.24) is 0 Å². The van der Waals surface area contributed by atoms with Gasteiger partial charge in [-0.05, 0) is 38.5 Å². The summed E-state index contributed by atoms with van der Waals surface area (Å²) < 4.78 is 11.9. The Morgan fingerprint density at radius 1 is 1.04 bits per heavy atom. The molecule has 0 aliphatic carbocycles. The van der Waals surface area contributed by atoms with Crippen LogP contribution in [0.15, 0.2) is 41.3 Å². The fourth-order valence-corrected chi connectivity index (χ4v) is 5.77. The van der Waals surface area contributed by atoms with E-state index < -0.39 is 0 Å². The zero-order valence-corrected chi connectivity index (χ0v) is 15.2. The molecule has 124 valence electrons. The smallest absolute Gasteiger partial charge is 0.163 e. The summed E-state index contributed by atoms with van der Waals surface area (Å²) in [7, 11) is 0.261. The van der Waals surface area contributed by atoms with E-state index in [1.54, 1.807) is 0 Å². The normalized spacial score (nSPS) is 24.7. The highest BCUT2D eigenvalue weighted by Crippen LogP contribution is 2.34. The van der Waals surface area contributed by atoms with E-state index in [0.29, 0.717) is 12.2 Å². The van der Waals surface area contributed by atoms with Crippen LogP contribution in [0.5, 0.6) is 5.75 Å². The topological polar surface area (TPSA) is 18.5 Å². The molecule has 2 atom stereocenters. The molecular formula is C20H27O2S+. The van der Waals surface area contributed by atoms with Crippen molar-refractivity contribution in [2.45, 2.75) is 50.7 Å². The van der Waals surface area contributed by atoms with Crippen molar-refractivity contribution in [3.63, 3.8) is 0 Å². The van der Waals surface area contributed by atoms with Gasteiger partial charge in [-0.3, -0.25) is 0 Å². The van der Waals surface area contributed by atoms with Crippen molar-refractivity contribution in [2.24, 2.45) is 0 Å². The molecule has 2 aromatic carbocycles. The quantitative estimate of drug-likeness (QED) is 0.578. The van der Waals surface area contributed by atoms with Crippen LogP contribution in [0.3, 0.4) is 0 Å². The first-order chi connectivity index (χ1) is 11.2. The molecule has 2 aromatic rings. The summed E-state index contributed by atoms with van der Waals surface area (Å²) in [6, 6.07) is 13.1. The van der Waals surface area contributed by atoms with Crippen LogP contribution in [-0.2, 0) is 15.6 Å². The summed E-state index contributed by atoms with van der Waals surface area (Å²) in [6.07, 6.45) is 2.96. The van der Waals surface area contributed by atoms with Gasteiger partial charge in [-0.15, -0.1) is 0 Å². The van der Waals surface area contributed by atoms with E-state index in [-0.39, 0.29) is 10.9 Å². The van der Waals surface area contributed by atoms with Crippen LogP contribution in [0.1, 0.15) is 33.6 Å². The van der Waals surface area contributed by atoms with E-state index in [0.717, 1.165) is 36.7 Å². The molecule has 3 rings (SSSR count). The highest BCUT2D eigenvalue weighted by molar-refractivity contribution is 7.97. The van der Waals surface area contributed by atoms with E-state index in [2.05, 4.69) is 57.2 Å². The van der Waals surface area contributed by atoms with Crippen molar-refractivity contribution in [1.29, 1.82) is 0 Å². The maximum Gasteiger partial charge on any atom is 0.163 e. The zero-order chi connectivity index (χ0) is 16.2. The first-order valence-corrected chi connectivity index (χ1v) is 10.2. The van der Waals surface area contributed by atoms with Crippen molar-refractivity contribution in [3.8, 4) is 5.75 Å². The SMILES string of the molecule is CCCCOc1ccc([S+]2CC(C)OC(C)C2)c2ccccc12. The van der Waals surface area contributed by atoms with Crippen molar-refractivity contribution in [2.75, 3.05) is 18.1 Å². The van der Waals surface area contributed by atoms with Gasteiger partial charge in [0.2, 0.25) is 0 Å². The molecule has 0 bridgehead atoms. The van der Waals surface area contributed by atoms with Crippen LogP contribution >= 0.6 is 0 Å². The average Bonchev–Trinajstić information content (AvgIpc) is 2.54. The molecule has 0 aromatic heterocycles. The Labute approximate surface area is 142 Å². The Bertz CT molecular complexity index is 645. The summed E-state index contributed by atoms with van der Waals surface area (Å²) in [6.45, 7) is 7.38. The molecule has 2 unspecified atom stereocenters. The molecule has 0 radical (unpaired) electrons. The zero-order valence-electron chi connectivity index (χ0n) is 14.4. The Balaban J connectivity index is 1.94. The number of fused-ring (bicyclic) bond motifs is 1. The van der Waals surface area contributed by atoms with E-state index in [1.165, 1.54) is 15.7 Å². The van der Waals surface area contributed by atoms with Crippen molar-refractivity contribution < 1.29 is 9.47 Å². The van der Waals surface area contributed by atoms with E-state index in [4.69, 9.17) is 9.47 Å². The van der Waals surface area contributed by atoms with Crippen LogP contribution in [0.4, 0.5) is 0 Å². The molecular weight excluding hydrogens is 304 g/mol. The summed E-state index contributed by atoms with van der Waals surface area (Å²) >= 11 is 0. The monoisotopic (exact) mass is 331 g/mol. The second-order valence-corrected chi connectivity index (χ2v) is 8.48. The third-order valence-electron chi connectivity index (χ3n) is 4.25. The minimum atomic E-state index is 0.261. The van der Waals surface area contributed by atoms with E-state index in [9.17, 15) is 0 Å². The molecule has 1 heterocycles. The molecule has 3 heteroatoms. The first kappa shape index (κ1) is 16.7. The van der Waals surface area contributed by atoms with Gasteiger partial charge in [-0.2, -0.15) is 0 Å². The second kappa shape index (κ2) is 7.59. The fourth-order valence-electron chi connectivity index (χ4n) is 3.24. The van der Waals surface area contributed by atoms with Gasteiger partial charge >= 0.3 is 0 Å². The molecule has 1 saturated heterocycles. The third-order valence-corrected chi connectivity index (χ3v) is 6.97. The predicted molar refractivity (Wildman–Crippen MR) is 99.7 cm³/mol. The Kier molecular flexibility index (Phi) is 5.50. The molecule has 1 aliphatic heterocycles. The number of rotatable bonds is 5. The lowest BCUT2D eigenvalue weighted by atomic mass is 10.1. The van der Waals surface area contributed by atoms with Crippen molar-refractivity contribution in [3.05, 3.63) is 36.4 Å². The number of hydrogen-bond acceptors (Lipinski definition) is 2. The number of unbranched alkanes of at least 4 members (excludes halogenated alkanes) is 1. The predicted octanol–water partition coefficient (Wildman–Crippen LogP) is 4.80. The van der Waals surface area contributed by atoms with Gasteiger partial charge in [0, 0.05) is 21.7 Å². The van der Waals surface area contributed by atoms with Crippen molar-refractivity contribution >= 4 is 21.7 Å². The molecule has 0 amide bonds. The van der Waals surface area contributed by atoms with Gasteiger partial charge in [0.05, 0.1) is 6.61 Å². The summed E-state index contributed by atoms with van der Waals surface area (Å²) in [5, 5.41) is 2.60. The molecule has 0 N–H and O–H groups in total. The Morgan fingerprint density at radius 2 is 1.74 bits per heavy atom. The number of ether oxygens (including phenoxy) is 2. The van der Waals surface area contributed by atoms with Crippen LogP contribution in [-0.4, -0.2) is 30.3 Å². The molecule has 2 nitrogen and oxygen atoms in total. The maximum atomic E-state index is 6.02. The highest BCUT2D eigenvalue weighted by Gasteiger charge is 2.35. The largest absolute Gasteiger partial charge is 0.493 e. The average molecular weight is 332 g/mol. The minimum absolute atomic E-state index is 0.261. The van der Waals surface area contributed by atoms with Gasteiger partial charge in [-0.1, -0.05) is 31.5 Å². The third kappa shape index (κ3) is 3.84. The maximum absolute atomic E-state index is 6.02. The standard InChI is InChI=1S/C20H27O2S/c1-4-5-12-21-19-10-11-20(18-9-7-6-8-17(18)19)23-13-15(2)22-16(3)14-23/h6-11,15-16H,4-5,12-14H2,1-3H3/q+1. The highest BCUT2D eigenvalue weighted by atomic mass is 32.2. The lowest BCUT2D eigenvalue weighted by Gasteiger charge is -2.26. The molecule has 1 fully saturated rings. The van der Waals surface area contributed by atoms with Crippen LogP contribution in [0.25, 0.3) is 10.8 Å². The van der Waals surface area contributed by atoms with E-state index >= 15 is 0 Å². The molecule has 0 spiro atoms. The van der Waals surface area contributed by atoms with Crippen LogP contribution in [0.2, 0.25) is 0 Å². The first-order valence-electron chi connectivity index (χ1n) is 8.66. The fraction of sp³-hybridized carbons (Fsp3) is 0.500. The number of hydrogen-bond donors (Lipinski definition) is 0. The summed E-state index contributed by atoms with van der Waals surface area (Å²) in [4.78, 5) is 1.48. The lowest BCUT2D eigenvalue weighted by molar-refractivity contribution is 0.0279. The summed E-state index contributed by atoms with van der Waals surface area (Å²) in [5.41, 5.74) is 0. The number of benzene rings is 2. The van der Waals surface area contributed by atoms with Crippen LogP contribution in [0, 0.1) is 0 Å². The van der Waals surface area contributed by atoms with Gasteiger partial charge in [-0.25, -0.2) is 0 Å². The van der Waals surface area contributed by atoms with Gasteiger partial charge in [0.1, 0.15) is 29.5 Å². The van der Waals surface area contributed by atoms with Crippen LogP contribution < -0.4 is 4.74 Å². The summed E-state index contributed by atoms with van der Waals surface area (Å²) in [5.74, 6) is 3.28. The molecule has 0 saturated carbocycles. The van der Waals surface area contributed by atoms with Gasteiger partial charge in [0.15, 0.2) is 4.90 Å². The van der Waals surface area contributed by atoms with Gasteiger partial charge < -0.3 is 9.47 Å².